The lowest BCUT2D eigenvalue weighted by Crippen LogP contribution is -2.18. The molecule has 0 aliphatic rings. The van der Waals surface area contributed by atoms with Gasteiger partial charge in [0.2, 0.25) is 0 Å². The zero-order valence-corrected chi connectivity index (χ0v) is 8.73. The summed E-state index contributed by atoms with van der Waals surface area (Å²) in [6.07, 6.45) is 0. The Morgan fingerprint density at radius 2 is 0.818 bits per heavy atom. The minimum absolute atomic E-state index is 0. The second-order valence-corrected chi connectivity index (χ2v) is 3.96. The molecule has 2 N–H and O–H groups in total. The van der Waals surface area contributed by atoms with Crippen molar-refractivity contribution in [3.05, 3.63) is 5.92 Å². The molecule has 0 aromatic carbocycles. The summed E-state index contributed by atoms with van der Waals surface area (Å²) in [7, 11) is 0. The highest BCUT2D eigenvalue weighted by molar-refractivity contribution is 4.98. The second-order valence-electron chi connectivity index (χ2n) is 3.96. The van der Waals surface area contributed by atoms with Crippen LogP contribution in [0.1, 0.15) is 41.5 Å². The number of hydrogen-bond donors (Lipinski definition) is 0. The molecule has 1 heteroatoms. The van der Waals surface area contributed by atoms with Crippen molar-refractivity contribution in [2.45, 2.75) is 41.5 Å². The quantitative estimate of drug-likeness (QED) is 0.606. The third-order valence-electron chi connectivity index (χ3n) is 2.00. The lowest BCUT2D eigenvalue weighted by atomic mass is 9.78. The van der Waals surface area contributed by atoms with Gasteiger partial charge in [-0.25, -0.2) is 0 Å². The summed E-state index contributed by atoms with van der Waals surface area (Å²) in [5.41, 5.74) is 0. The van der Waals surface area contributed by atoms with Crippen LogP contribution in [-0.2, 0) is 0 Å². The largest absolute Gasteiger partial charge is 0.412 e. The maximum atomic E-state index is 2.29. The molecule has 0 aromatic rings. The van der Waals surface area contributed by atoms with Crippen molar-refractivity contribution in [2.24, 2.45) is 17.8 Å². The first-order valence-corrected chi connectivity index (χ1v) is 4.33. The molecule has 1 nitrogen and oxygen atoms in total. The Labute approximate surface area is 71.5 Å². The van der Waals surface area contributed by atoms with E-state index >= 15 is 0 Å². The van der Waals surface area contributed by atoms with Crippen molar-refractivity contribution in [3.63, 3.8) is 0 Å². The van der Waals surface area contributed by atoms with Crippen LogP contribution in [0.2, 0.25) is 0 Å². The van der Waals surface area contributed by atoms with Gasteiger partial charge in [-0.1, -0.05) is 41.5 Å². The SMILES string of the molecule is CC(C)[C](C(C)C)C(C)C.O. The molecule has 0 rings (SSSR count). The Kier molecular flexibility index (Phi) is 6.88. The van der Waals surface area contributed by atoms with Crippen LogP contribution in [-0.4, -0.2) is 5.48 Å². The van der Waals surface area contributed by atoms with Crippen LogP contribution in [0.25, 0.3) is 0 Å². The average Bonchev–Trinajstić information content (AvgIpc) is 1.59. The molecule has 0 saturated heterocycles. The van der Waals surface area contributed by atoms with Gasteiger partial charge in [-0.15, -0.1) is 0 Å². The van der Waals surface area contributed by atoms with Crippen molar-refractivity contribution in [3.8, 4) is 0 Å². The summed E-state index contributed by atoms with van der Waals surface area (Å²) < 4.78 is 0. The van der Waals surface area contributed by atoms with Crippen LogP contribution >= 0.6 is 0 Å². The van der Waals surface area contributed by atoms with E-state index in [0.29, 0.717) is 0 Å². The minimum atomic E-state index is 0. The van der Waals surface area contributed by atoms with Crippen LogP contribution < -0.4 is 0 Å². The van der Waals surface area contributed by atoms with Crippen molar-refractivity contribution >= 4 is 0 Å². The molecule has 1 radical (unpaired) electrons. The first kappa shape index (κ1) is 13.5. The molecule has 11 heavy (non-hydrogen) atoms. The van der Waals surface area contributed by atoms with Gasteiger partial charge in [0.15, 0.2) is 0 Å². The van der Waals surface area contributed by atoms with Gasteiger partial charge in [-0.05, 0) is 23.7 Å². The fraction of sp³-hybridized carbons (Fsp3) is 0.900. The van der Waals surface area contributed by atoms with Crippen LogP contribution in [0.5, 0.6) is 0 Å². The van der Waals surface area contributed by atoms with E-state index in [9.17, 15) is 0 Å². The Bertz CT molecular complexity index is 65.9. The van der Waals surface area contributed by atoms with Crippen molar-refractivity contribution in [1.82, 2.24) is 0 Å². The van der Waals surface area contributed by atoms with E-state index in [4.69, 9.17) is 0 Å². The maximum Gasteiger partial charge on any atom is -0.0165 e. The first-order chi connectivity index (χ1) is 4.46. The fourth-order valence-corrected chi connectivity index (χ4v) is 2.00. The fourth-order valence-electron chi connectivity index (χ4n) is 2.00. The van der Waals surface area contributed by atoms with Crippen molar-refractivity contribution < 1.29 is 5.48 Å². The molecule has 0 aliphatic carbocycles. The van der Waals surface area contributed by atoms with Gasteiger partial charge in [0.1, 0.15) is 0 Å². The molecule has 0 fully saturated rings. The van der Waals surface area contributed by atoms with E-state index in [1.165, 1.54) is 0 Å². The van der Waals surface area contributed by atoms with E-state index in [1.807, 2.05) is 0 Å². The van der Waals surface area contributed by atoms with E-state index in [-0.39, 0.29) is 5.48 Å². The van der Waals surface area contributed by atoms with Gasteiger partial charge in [-0.3, -0.25) is 0 Å². The predicted molar refractivity (Wildman–Crippen MR) is 51.4 cm³/mol. The Hall–Kier alpha value is -0.0400. The number of hydrogen-bond acceptors (Lipinski definition) is 0. The lowest BCUT2D eigenvalue weighted by Gasteiger charge is -2.27. The van der Waals surface area contributed by atoms with Gasteiger partial charge in [0.05, 0.1) is 0 Å². The van der Waals surface area contributed by atoms with E-state index in [1.54, 1.807) is 5.92 Å². The average molecular weight is 159 g/mol. The highest BCUT2D eigenvalue weighted by Crippen LogP contribution is 2.30. The molecule has 69 valence electrons. The van der Waals surface area contributed by atoms with E-state index in [0.717, 1.165) is 17.8 Å². The van der Waals surface area contributed by atoms with Crippen LogP contribution in [0, 0.1) is 23.7 Å². The standard InChI is InChI=1S/C10H21.H2O/c1-7(2)10(8(3)4)9(5)6;/h7-9H,1-6H3;1H2. The monoisotopic (exact) mass is 159 g/mol. The summed E-state index contributed by atoms with van der Waals surface area (Å²) in [5, 5.41) is 0. The smallest absolute Gasteiger partial charge is 0.0165 e. The molecule has 0 heterocycles. The molecule has 0 unspecified atom stereocenters. The summed E-state index contributed by atoms with van der Waals surface area (Å²) >= 11 is 0. The highest BCUT2D eigenvalue weighted by Gasteiger charge is 2.20. The summed E-state index contributed by atoms with van der Waals surface area (Å²) in [4.78, 5) is 0. The molecule has 0 spiro atoms. The molecular weight excluding hydrogens is 136 g/mol. The zero-order chi connectivity index (χ0) is 8.31. The highest BCUT2D eigenvalue weighted by atomic mass is 16.0. The summed E-state index contributed by atoms with van der Waals surface area (Å²) in [5.74, 6) is 3.94. The van der Waals surface area contributed by atoms with Gasteiger partial charge in [0.25, 0.3) is 0 Å². The van der Waals surface area contributed by atoms with Gasteiger partial charge in [-0.2, -0.15) is 0 Å². The lowest BCUT2D eigenvalue weighted by molar-refractivity contribution is 0.416. The van der Waals surface area contributed by atoms with Gasteiger partial charge < -0.3 is 5.48 Å². The molecular formula is C10H23O. The summed E-state index contributed by atoms with van der Waals surface area (Å²) in [6, 6.07) is 0. The Morgan fingerprint density at radius 1 is 0.636 bits per heavy atom. The topological polar surface area (TPSA) is 31.5 Å². The molecule has 0 bridgehead atoms. The maximum absolute atomic E-state index is 2.29. The van der Waals surface area contributed by atoms with Crippen molar-refractivity contribution in [2.75, 3.05) is 0 Å². The van der Waals surface area contributed by atoms with Crippen LogP contribution in [0.4, 0.5) is 0 Å². The van der Waals surface area contributed by atoms with E-state index < -0.39 is 0 Å². The summed E-state index contributed by atoms with van der Waals surface area (Å²) in [6.45, 7) is 13.7. The second kappa shape index (κ2) is 5.59. The van der Waals surface area contributed by atoms with E-state index in [2.05, 4.69) is 41.5 Å². The third-order valence-corrected chi connectivity index (χ3v) is 2.00. The third kappa shape index (κ3) is 4.41. The molecule has 0 amide bonds. The molecule has 0 atom stereocenters. The Balaban J connectivity index is 0. The number of rotatable bonds is 3. The molecule has 0 saturated carbocycles. The van der Waals surface area contributed by atoms with Crippen LogP contribution in [0.15, 0.2) is 0 Å². The van der Waals surface area contributed by atoms with Crippen molar-refractivity contribution in [1.29, 1.82) is 0 Å². The molecule has 0 aliphatic heterocycles. The Morgan fingerprint density at radius 3 is 0.818 bits per heavy atom. The minimum Gasteiger partial charge on any atom is -0.412 e. The van der Waals surface area contributed by atoms with Gasteiger partial charge in [0, 0.05) is 0 Å². The predicted octanol–water partition coefficient (Wildman–Crippen LogP) is 2.70. The van der Waals surface area contributed by atoms with Crippen LogP contribution in [0.3, 0.4) is 0 Å². The first-order valence-electron chi connectivity index (χ1n) is 4.33. The van der Waals surface area contributed by atoms with Gasteiger partial charge >= 0.3 is 0 Å². The normalized spacial score (nSPS) is 11.5. The molecule has 0 aromatic heterocycles. The zero-order valence-electron chi connectivity index (χ0n) is 8.73.